The van der Waals surface area contributed by atoms with E-state index in [0.29, 0.717) is 0 Å². The molecular weight excluding hydrogens is 232 g/mol. The third-order valence-electron chi connectivity index (χ3n) is 3.01. The van der Waals surface area contributed by atoms with Gasteiger partial charge in [-0.25, -0.2) is 9.59 Å². The molecule has 0 atom stereocenters. The highest BCUT2D eigenvalue weighted by molar-refractivity contribution is 5.97. The molecule has 0 unspecified atom stereocenters. The number of hydrogen-bond donors (Lipinski definition) is 4. The second-order valence-electron chi connectivity index (χ2n) is 4.21. The van der Waals surface area contributed by atoms with Crippen LogP contribution < -0.4 is 16.0 Å². The number of carbonyl (C=O) groups is 2. The Balaban J connectivity index is 2.10. The standard InChI is InChI=1S/C12H12N4O2/c1-6-9(7-4-2-3-5-8(7)13-6)10-14-11(17)16-12(18)15-10/h2-5,10,13H,1H3,(H3,14,15,16,17,18). The molecular formula is C12H12N4O2. The van der Waals surface area contributed by atoms with E-state index in [1.807, 2.05) is 31.2 Å². The van der Waals surface area contributed by atoms with E-state index in [1.165, 1.54) is 0 Å². The molecule has 2 aromatic rings. The van der Waals surface area contributed by atoms with Gasteiger partial charge in [-0.1, -0.05) is 18.2 Å². The average molecular weight is 244 g/mol. The zero-order valence-corrected chi connectivity index (χ0v) is 9.70. The summed E-state index contributed by atoms with van der Waals surface area (Å²) >= 11 is 0. The van der Waals surface area contributed by atoms with Crippen molar-refractivity contribution in [2.45, 2.75) is 13.1 Å². The molecule has 4 N–H and O–H groups in total. The van der Waals surface area contributed by atoms with E-state index in [2.05, 4.69) is 20.9 Å². The van der Waals surface area contributed by atoms with Gasteiger partial charge in [0.05, 0.1) is 0 Å². The molecule has 1 aliphatic heterocycles. The number of aromatic nitrogens is 1. The second-order valence-corrected chi connectivity index (χ2v) is 4.21. The van der Waals surface area contributed by atoms with E-state index >= 15 is 0 Å². The monoisotopic (exact) mass is 244 g/mol. The summed E-state index contributed by atoms with van der Waals surface area (Å²) in [5, 5.41) is 8.48. The quantitative estimate of drug-likeness (QED) is 0.612. The molecule has 0 aliphatic carbocycles. The summed E-state index contributed by atoms with van der Waals surface area (Å²) in [6, 6.07) is 6.78. The van der Waals surface area contributed by atoms with Crippen LogP contribution in [-0.4, -0.2) is 17.0 Å². The summed E-state index contributed by atoms with van der Waals surface area (Å²) in [6.07, 6.45) is -0.512. The number of carbonyl (C=O) groups excluding carboxylic acids is 2. The van der Waals surface area contributed by atoms with Crippen LogP contribution in [-0.2, 0) is 0 Å². The molecule has 6 nitrogen and oxygen atoms in total. The first-order valence-electron chi connectivity index (χ1n) is 5.60. The van der Waals surface area contributed by atoms with Crippen LogP contribution in [0.1, 0.15) is 17.4 Å². The van der Waals surface area contributed by atoms with Gasteiger partial charge in [0.15, 0.2) is 0 Å². The van der Waals surface area contributed by atoms with E-state index in [4.69, 9.17) is 0 Å². The molecule has 2 heterocycles. The van der Waals surface area contributed by atoms with Crippen molar-refractivity contribution in [3.63, 3.8) is 0 Å². The number of amides is 4. The molecule has 6 heteroatoms. The van der Waals surface area contributed by atoms with Crippen LogP contribution in [0.2, 0.25) is 0 Å². The Labute approximate surface area is 103 Å². The lowest BCUT2D eigenvalue weighted by atomic mass is 10.1. The fourth-order valence-electron chi connectivity index (χ4n) is 2.29. The van der Waals surface area contributed by atoms with Crippen LogP contribution in [0.25, 0.3) is 10.9 Å². The number of aryl methyl sites for hydroxylation is 1. The molecule has 1 aromatic heterocycles. The number of para-hydroxylation sites is 1. The van der Waals surface area contributed by atoms with Crippen LogP contribution in [0.3, 0.4) is 0 Å². The first kappa shape index (κ1) is 10.6. The molecule has 1 saturated heterocycles. The molecule has 92 valence electrons. The molecule has 0 radical (unpaired) electrons. The number of urea groups is 2. The van der Waals surface area contributed by atoms with Crippen LogP contribution in [0.15, 0.2) is 24.3 Å². The lowest BCUT2D eigenvalue weighted by Crippen LogP contribution is -2.57. The summed E-state index contributed by atoms with van der Waals surface area (Å²) in [5.74, 6) is 0. The van der Waals surface area contributed by atoms with Crippen molar-refractivity contribution in [1.82, 2.24) is 20.9 Å². The van der Waals surface area contributed by atoms with Crippen LogP contribution in [0.5, 0.6) is 0 Å². The molecule has 1 aromatic carbocycles. The van der Waals surface area contributed by atoms with Gasteiger partial charge in [0.2, 0.25) is 0 Å². The van der Waals surface area contributed by atoms with E-state index < -0.39 is 18.2 Å². The highest BCUT2D eigenvalue weighted by Crippen LogP contribution is 2.26. The van der Waals surface area contributed by atoms with Crippen molar-refractivity contribution in [3.05, 3.63) is 35.5 Å². The van der Waals surface area contributed by atoms with Crippen molar-refractivity contribution < 1.29 is 9.59 Å². The Hall–Kier alpha value is -2.50. The molecule has 0 spiro atoms. The SMILES string of the molecule is Cc1[nH]c2ccccc2c1C1NC(=O)NC(=O)N1. The highest BCUT2D eigenvalue weighted by atomic mass is 16.2. The molecule has 18 heavy (non-hydrogen) atoms. The molecule has 3 rings (SSSR count). The Morgan fingerprint density at radius 1 is 1.06 bits per heavy atom. The number of aromatic amines is 1. The van der Waals surface area contributed by atoms with E-state index in [0.717, 1.165) is 22.2 Å². The average Bonchev–Trinajstić information content (AvgIpc) is 2.63. The normalized spacial score (nSPS) is 16.3. The van der Waals surface area contributed by atoms with Gasteiger partial charge in [0.25, 0.3) is 0 Å². The van der Waals surface area contributed by atoms with Gasteiger partial charge in [-0.3, -0.25) is 5.32 Å². The number of H-pyrrole nitrogens is 1. The van der Waals surface area contributed by atoms with Crippen molar-refractivity contribution in [1.29, 1.82) is 0 Å². The number of fused-ring (bicyclic) bond motifs is 1. The van der Waals surface area contributed by atoms with Crippen LogP contribution in [0.4, 0.5) is 9.59 Å². The predicted octanol–water partition coefficient (Wildman–Crippen LogP) is 1.50. The summed E-state index contributed by atoms with van der Waals surface area (Å²) in [6.45, 7) is 1.91. The number of rotatable bonds is 1. The van der Waals surface area contributed by atoms with Gasteiger partial charge in [-0.2, -0.15) is 0 Å². The Kier molecular flexibility index (Phi) is 2.22. The number of nitrogens with one attached hydrogen (secondary N) is 4. The molecule has 0 bridgehead atoms. The van der Waals surface area contributed by atoms with E-state index in [-0.39, 0.29) is 0 Å². The van der Waals surface area contributed by atoms with Crippen LogP contribution >= 0.6 is 0 Å². The van der Waals surface area contributed by atoms with Gasteiger partial charge in [0.1, 0.15) is 6.17 Å². The zero-order chi connectivity index (χ0) is 12.7. The van der Waals surface area contributed by atoms with E-state index in [9.17, 15) is 9.59 Å². The van der Waals surface area contributed by atoms with Gasteiger partial charge < -0.3 is 15.6 Å². The minimum absolute atomic E-state index is 0.492. The Morgan fingerprint density at radius 2 is 1.72 bits per heavy atom. The minimum atomic E-state index is -0.512. The fourth-order valence-corrected chi connectivity index (χ4v) is 2.29. The Bertz CT molecular complexity index is 631. The summed E-state index contributed by atoms with van der Waals surface area (Å²) in [7, 11) is 0. The van der Waals surface area contributed by atoms with Crippen molar-refractivity contribution in [3.8, 4) is 0 Å². The van der Waals surface area contributed by atoms with Gasteiger partial charge >= 0.3 is 12.1 Å². The molecule has 1 aliphatic rings. The molecule has 0 saturated carbocycles. The first-order chi connectivity index (χ1) is 8.65. The number of hydrogen-bond acceptors (Lipinski definition) is 2. The van der Waals surface area contributed by atoms with Gasteiger partial charge in [0, 0.05) is 22.2 Å². The fraction of sp³-hybridized carbons (Fsp3) is 0.167. The van der Waals surface area contributed by atoms with Crippen LogP contribution in [0, 0.1) is 6.92 Å². The van der Waals surface area contributed by atoms with Gasteiger partial charge in [-0.15, -0.1) is 0 Å². The van der Waals surface area contributed by atoms with Gasteiger partial charge in [-0.05, 0) is 13.0 Å². The zero-order valence-electron chi connectivity index (χ0n) is 9.70. The molecule has 4 amide bonds. The predicted molar refractivity (Wildman–Crippen MR) is 66.0 cm³/mol. The maximum absolute atomic E-state index is 11.3. The summed E-state index contributed by atoms with van der Waals surface area (Å²) in [4.78, 5) is 25.9. The summed E-state index contributed by atoms with van der Waals surface area (Å²) < 4.78 is 0. The third-order valence-corrected chi connectivity index (χ3v) is 3.01. The van der Waals surface area contributed by atoms with Crippen molar-refractivity contribution >= 4 is 23.0 Å². The maximum Gasteiger partial charge on any atom is 0.324 e. The number of benzene rings is 1. The van der Waals surface area contributed by atoms with Crippen molar-refractivity contribution in [2.24, 2.45) is 0 Å². The number of imide groups is 1. The van der Waals surface area contributed by atoms with E-state index in [1.54, 1.807) is 0 Å². The Morgan fingerprint density at radius 3 is 2.44 bits per heavy atom. The van der Waals surface area contributed by atoms with Crippen molar-refractivity contribution in [2.75, 3.05) is 0 Å². The topological polar surface area (TPSA) is 86.0 Å². The smallest absolute Gasteiger partial charge is 0.324 e. The highest BCUT2D eigenvalue weighted by Gasteiger charge is 2.27. The first-order valence-corrected chi connectivity index (χ1v) is 5.60. The largest absolute Gasteiger partial charge is 0.358 e. The minimum Gasteiger partial charge on any atom is -0.358 e. The summed E-state index contributed by atoms with van der Waals surface area (Å²) in [5.41, 5.74) is 2.78. The maximum atomic E-state index is 11.3. The lowest BCUT2D eigenvalue weighted by molar-refractivity contribution is 0.209. The second kappa shape index (κ2) is 3.76. The third kappa shape index (κ3) is 1.58. The lowest BCUT2D eigenvalue weighted by Gasteiger charge is -2.25. The molecule has 1 fully saturated rings.